The molecule has 1 atom stereocenters. The number of hydrogen-bond acceptors (Lipinski definition) is 5. The summed E-state index contributed by atoms with van der Waals surface area (Å²) >= 11 is 0. The minimum absolute atomic E-state index is 0.0840. The molecule has 104 valence electrons. The minimum atomic E-state index is -0.353. The van der Waals surface area contributed by atoms with Crippen LogP contribution in [0.5, 0.6) is 17.4 Å². The summed E-state index contributed by atoms with van der Waals surface area (Å²) in [7, 11) is 1.58. The lowest BCUT2D eigenvalue weighted by Gasteiger charge is -2.26. The van der Waals surface area contributed by atoms with Crippen LogP contribution in [0, 0.1) is 0 Å². The quantitative estimate of drug-likeness (QED) is 0.925. The van der Waals surface area contributed by atoms with Gasteiger partial charge in [-0.1, -0.05) is 12.1 Å². The van der Waals surface area contributed by atoms with Crippen LogP contribution >= 0.6 is 0 Å². The topological polar surface area (TPSA) is 60.8 Å². The van der Waals surface area contributed by atoms with Gasteiger partial charge >= 0.3 is 0 Å². The van der Waals surface area contributed by atoms with Crippen LogP contribution in [0.4, 0.5) is 0 Å². The van der Waals surface area contributed by atoms with Crippen LogP contribution in [0.25, 0.3) is 11.3 Å². The third-order valence-electron chi connectivity index (χ3n) is 3.10. The van der Waals surface area contributed by atoms with Crippen molar-refractivity contribution in [1.29, 1.82) is 0 Å². The number of aliphatic hydroxyl groups excluding tert-OH is 1. The van der Waals surface area contributed by atoms with E-state index >= 15 is 0 Å². The number of aliphatic hydroxyl groups is 1. The molecular formula is C15H15NO4. The van der Waals surface area contributed by atoms with Gasteiger partial charge in [-0.15, -0.1) is 0 Å². The highest BCUT2D eigenvalue weighted by atomic mass is 16.6. The molecule has 5 nitrogen and oxygen atoms in total. The lowest BCUT2D eigenvalue weighted by Crippen LogP contribution is -2.32. The van der Waals surface area contributed by atoms with Crippen molar-refractivity contribution in [3.8, 4) is 28.6 Å². The van der Waals surface area contributed by atoms with Gasteiger partial charge in [0.25, 0.3) is 0 Å². The summed E-state index contributed by atoms with van der Waals surface area (Å²) in [6.07, 6.45) is -0.353. The number of fused-ring (bicyclic) bond motifs is 1. The smallest absolute Gasteiger partial charge is 0.213 e. The number of hydrogen-bond donors (Lipinski definition) is 1. The molecule has 1 aliphatic rings. The number of pyridine rings is 1. The highest BCUT2D eigenvalue weighted by Gasteiger charge is 2.23. The van der Waals surface area contributed by atoms with Gasteiger partial charge < -0.3 is 19.3 Å². The van der Waals surface area contributed by atoms with Crippen molar-refractivity contribution in [3.63, 3.8) is 0 Å². The van der Waals surface area contributed by atoms with Gasteiger partial charge in [0.2, 0.25) is 5.88 Å². The van der Waals surface area contributed by atoms with Gasteiger partial charge in [0.05, 0.1) is 19.4 Å². The van der Waals surface area contributed by atoms with Crippen molar-refractivity contribution in [2.75, 3.05) is 20.3 Å². The zero-order valence-corrected chi connectivity index (χ0v) is 11.1. The summed E-state index contributed by atoms with van der Waals surface area (Å²) in [5.41, 5.74) is 1.56. The largest absolute Gasteiger partial charge is 0.486 e. The predicted octanol–water partition coefficient (Wildman–Crippen LogP) is 1.89. The molecular weight excluding hydrogens is 258 g/mol. The van der Waals surface area contributed by atoms with Crippen molar-refractivity contribution >= 4 is 0 Å². The zero-order chi connectivity index (χ0) is 13.9. The average molecular weight is 273 g/mol. The van der Waals surface area contributed by atoms with Crippen molar-refractivity contribution in [1.82, 2.24) is 4.98 Å². The lowest BCUT2D eigenvalue weighted by molar-refractivity contribution is 0.0462. The van der Waals surface area contributed by atoms with E-state index in [0.717, 1.165) is 11.3 Å². The van der Waals surface area contributed by atoms with Crippen molar-refractivity contribution in [2.45, 2.75) is 6.10 Å². The molecule has 20 heavy (non-hydrogen) atoms. The van der Waals surface area contributed by atoms with Crippen LogP contribution in [-0.2, 0) is 0 Å². The first kappa shape index (κ1) is 12.7. The van der Waals surface area contributed by atoms with E-state index in [2.05, 4.69) is 4.98 Å². The summed E-state index contributed by atoms with van der Waals surface area (Å²) < 4.78 is 16.5. The molecule has 2 heterocycles. The standard InChI is InChI=1S/C15H15NO4/c1-18-14-7-3-5-12(16-14)11-4-2-6-13-15(11)20-10(8-17)9-19-13/h2-7,10,17H,8-9H2,1H3. The highest BCUT2D eigenvalue weighted by molar-refractivity contribution is 5.71. The Kier molecular flexibility index (Phi) is 3.43. The van der Waals surface area contributed by atoms with Crippen LogP contribution in [0.2, 0.25) is 0 Å². The summed E-state index contributed by atoms with van der Waals surface area (Å²) in [5, 5.41) is 9.22. The van der Waals surface area contributed by atoms with Gasteiger partial charge in [0, 0.05) is 11.6 Å². The van der Waals surface area contributed by atoms with Crippen molar-refractivity contribution in [2.24, 2.45) is 0 Å². The van der Waals surface area contributed by atoms with Gasteiger partial charge in [-0.2, -0.15) is 0 Å². The summed E-state index contributed by atoms with van der Waals surface area (Å²) in [6.45, 7) is 0.262. The molecule has 2 aromatic rings. The molecule has 0 fully saturated rings. The van der Waals surface area contributed by atoms with Crippen molar-refractivity contribution < 1.29 is 19.3 Å². The predicted molar refractivity (Wildman–Crippen MR) is 73.2 cm³/mol. The van der Waals surface area contributed by atoms with Gasteiger partial charge in [-0.05, 0) is 18.2 Å². The molecule has 1 N–H and O–H groups in total. The SMILES string of the molecule is COc1cccc(-c2cccc3c2OC(CO)CO3)n1. The van der Waals surface area contributed by atoms with E-state index in [-0.39, 0.29) is 12.7 Å². The van der Waals surface area contributed by atoms with Gasteiger partial charge in [-0.3, -0.25) is 0 Å². The van der Waals surface area contributed by atoms with Gasteiger partial charge in [0.1, 0.15) is 6.61 Å². The number of methoxy groups -OCH3 is 1. The van der Waals surface area contributed by atoms with E-state index in [1.807, 2.05) is 30.3 Å². The van der Waals surface area contributed by atoms with E-state index in [1.54, 1.807) is 13.2 Å². The Morgan fingerprint density at radius 2 is 2.15 bits per heavy atom. The van der Waals surface area contributed by atoms with Crippen LogP contribution in [-0.4, -0.2) is 36.5 Å². The number of benzene rings is 1. The second-order valence-corrected chi connectivity index (χ2v) is 4.43. The molecule has 0 saturated heterocycles. The maximum atomic E-state index is 9.22. The molecule has 1 unspecified atom stereocenters. The monoisotopic (exact) mass is 273 g/mol. The molecule has 0 bridgehead atoms. The molecule has 0 aliphatic carbocycles. The second kappa shape index (κ2) is 5.38. The fourth-order valence-corrected chi connectivity index (χ4v) is 2.10. The first-order chi connectivity index (χ1) is 9.81. The number of para-hydroxylation sites is 1. The molecule has 1 aromatic heterocycles. The van der Waals surface area contributed by atoms with Crippen LogP contribution in [0.1, 0.15) is 0 Å². The number of ether oxygens (including phenoxy) is 3. The molecule has 0 spiro atoms. The summed E-state index contributed by atoms with van der Waals surface area (Å²) in [5.74, 6) is 1.81. The van der Waals surface area contributed by atoms with Crippen LogP contribution < -0.4 is 14.2 Å². The van der Waals surface area contributed by atoms with E-state index in [0.29, 0.717) is 24.0 Å². The van der Waals surface area contributed by atoms with E-state index in [4.69, 9.17) is 14.2 Å². The number of aromatic nitrogens is 1. The van der Waals surface area contributed by atoms with E-state index in [1.165, 1.54) is 0 Å². The van der Waals surface area contributed by atoms with Gasteiger partial charge in [-0.25, -0.2) is 4.98 Å². The zero-order valence-electron chi connectivity index (χ0n) is 11.1. The summed E-state index contributed by atoms with van der Waals surface area (Å²) in [6, 6.07) is 11.2. The Hall–Kier alpha value is -2.27. The Bertz CT molecular complexity index is 615. The molecule has 1 aromatic carbocycles. The fraction of sp³-hybridized carbons (Fsp3) is 0.267. The van der Waals surface area contributed by atoms with Gasteiger partial charge in [0.15, 0.2) is 17.6 Å². The Balaban J connectivity index is 2.05. The number of nitrogens with zero attached hydrogens (tertiary/aromatic N) is 1. The third-order valence-corrected chi connectivity index (χ3v) is 3.10. The molecule has 0 saturated carbocycles. The highest BCUT2D eigenvalue weighted by Crippen LogP contribution is 2.40. The maximum absolute atomic E-state index is 9.22. The first-order valence-corrected chi connectivity index (χ1v) is 6.36. The Morgan fingerprint density at radius 3 is 2.95 bits per heavy atom. The van der Waals surface area contributed by atoms with Crippen LogP contribution in [0.3, 0.4) is 0 Å². The maximum Gasteiger partial charge on any atom is 0.213 e. The van der Waals surface area contributed by atoms with E-state index in [9.17, 15) is 5.11 Å². The first-order valence-electron chi connectivity index (χ1n) is 6.36. The van der Waals surface area contributed by atoms with Crippen molar-refractivity contribution in [3.05, 3.63) is 36.4 Å². The Labute approximate surface area is 116 Å². The Morgan fingerprint density at radius 1 is 1.30 bits per heavy atom. The van der Waals surface area contributed by atoms with E-state index < -0.39 is 0 Å². The molecule has 1 aliphatic heterocycles. The molecule has 0 radical (unpaired) electrons. The lowest BCUT2D eigenvalue weighted by atomic mass is 10.1. The fourth-order valence-electron chi connectivity index (χ4n) is 2.10. The molecule has 5 heteroatoms. The minimum Gasteiger partial charge on any atom is -0.486 e. The molecule has 0 amide bonds. The van der Waals surface area contributed by atoms with Crippen LogP contribution in [0.15, 0.2) is 36.4 Å². The second-order valence-electron chi connectivity index (χ2n) is 4.43. The third kappa shape index (κ3) is 2.28. The normalized spacial score (nSPS) is 16.8. The number of rotatable bonds is 3. The molecule has 3 rings (SSSR count). The average Bonchev–Trinajstić information content (AvgIpc) is 2.53. The summed E-state index contributed by atoms with van der Waals surface area (Å²) in [4.78, 5) is 4.40.